The molecule has 0 unspecified atom stereocenters. The number of hydrogen-bond donors (Lipinski definition) is 0. The molecule has 33 heavy (non-hydrogen) atoms. The van der Waals surface area contributed by atoms with Crippen LogP contribution in [0.25, 0.3) is 0 Å². The van der Waals surface area contributed by atoms with Crippen molar-refractivity contribution in [3.8, 4) is 0 Å². The Hall–Kier alpha value is -1.94. The Morgan fingerprint density at radius 2 is 1.67 bits per heavy atom. The van der Waals surface area contributed by atoms with Crippen LogP contribution in [0.3, 0.4) is 0 Å². The molecule has 0 spiro atoms. The first kappa shape index (κ1) is 38.3. The van der Waals surface area contributed by atoms with Gasteiger partial charge in [0.2, 0.25) is 0 Å². The zero-order valence-electron chi connectivity index (χ0n) is 18.8. The first-order valence-electron chi connectivity index (χ1n) is 10.1. The number of hydrogen-bond acceptors (Lipinski definition) is 4. The van der Waals surface area contributed by atoms with E-state index in [0.29, 0.717) is 19.6 Å². The van der Waals surface area contributed by atoms with E-state index in [1.807, 2.05) is 30.3 Å². The van der Waals surface area contributed by atoms with Gasteiger partial charge in [-0.05, 0) is 37.7 Å². The summed E-state index contributed by atoms with van der Waals surface area (Å²) in [6, 6.07) is 10.0. The van der Waals surface area contributed by atoms with Crippen molar-refractivity contribution in [2.24, 2.45) is 0 Å². The minimum atomic E-state index is -0.297. The Morgan fingerprint density at radius 1 is 1.03 bits per heavy atom. The van der Waals surface area contributed by atoms with Crippen molar-refractivity contribution in [3.63, 3.8) is 0 Å². The Kier molecular flexibility index (Phi) is 40.3. The number of Topliss-reactive ketones (excluding diaryl/α,β-unsaturated/α-hetero) is 1. The molecule has 0 N–H and O–H groups in total. The Balaban J connectivity index is -0.000000553. The van der Waals surface area contributed by atoms with Crippen LogP contribution in [0.2, 0.25) is 0 Å². The molecule has 8 heteroatoms. The van der Waals surface area contributed by atoms with Gasteiger partial charge in [0.25, 0.3) is 0 Å². The van der Waals surface area contributed by atoms with Crippen molar-refractivity contribution in [1.29, 1.82) is 0 Å². The molecule has 0 heterocycles. The summed E-state index contributed by atoms with van der Waals surface area (Å²) in [5.74, 6) is 0.0756. The molecule has 0 amide bonds. The fraction of sp³-hybridized carbons (Fsp3) is 0.440. The SMILES string of the molecule is CCCCC[C@H]([CH][CH][CH]C(=O)CCCCOCc1ccccc1)O[C-]=O.[C-]#[O+].[C-]#[O+].[C-]#[O+].[Fe]. The third-order valence-electron chi connectivity index (χ3n) is 3.97. The molecule has 1 rings (SSSR count). The van der Waals surface area contributed by atoms with Gasteiger partial charge in [-0.15, -0.1) is 0 Å². The Morgan fingerprint density at radius 3 is 2.24 bits per heavy atom. The summed E-state index contributed by atoms with van der Waals surface area (Å²) in [5, 5.41) is 0. The fourth-order valence-electron chi connectivity index (χ4n) is 2.49. The zero-order chi connectivity index (χ0) is 24.9. The number of rotatable bonds is 17. The predicted octanol–water partition coefficient (Wildman–Crippen LogP) is 4.47. The first-order valence-corrected chi connectivity index (χ1v) is 10.1. The quantitative estimate of drug-likeness (QED) is 0.137. The van der Waals surface area contributed by atoms with Crippen LogP contribution in [-0.4, -0.2) is 25.0 Å². The summed E-state index contributed by atoms with van der Waals surface area (Å²) in [4.78, 5) is 22.2. The van der Waals surface area contributed by atoms with Crippen LogP contribution < -0.4 is 0 Å². The van der Waals surface area contributed by atoms with Gasteiger partial charge in [-0.3, -0.25) is 4.79 Å². The number of carbonyl (C=O) groups is 1. The standard InChI is InChI=1S/C22H30O4.3CO.Fe/c1-2-3-5-15-22(26-19-23)16-10-14-21(24)13-8-9-17-25-18-20-11-6-4-7-12-20;3*1-2;/h4,6-7,10-12,14,16,22H,2-3,5,8-9,13,15,17-18H2,1H3;;;;/q-1;;;;/t22-;;;;/m1..../s1. The molecule has 7 nitrogen and oxygen atoms in total. The van der Waals surface area contributed by atoms with Crippen LogP contribution in [0.4, 0.5) is 0 Å². The van der Waals surface area contributed by atoms with Gasteiger partial charge in [0.15, 0.2) is 0 Å². The second-order valence-corrected chi connectivity index (χ2v) is 6.25. The monoisotopic (exact) mass is 498 g/mol. The molecular formula is C25H30FeO7-. The van der Waals surface area contributed by atoms with Gasteiger partial charge in [-0.2, -0.15) is 0 Å². The maximum Gasteiger partial charge on any atom is 0 e. The van der Waals surface area contributed by atoms with Gasteiger partial charge in [0.1, 0.15) is 5.78 Å². The average molecular weight is 498 g/mol. The summed E-state index contributed by atoms with van der Waals surface area (Å²) in [6.45, 7) is 18.4. The molecule has 1 aromatic carbocycles. The Bertz CT molecular complexity index is 586. The molecule has 0 saturated carbocycles. The predicted molar refractivity (Wildman–Crippen MR) is 114 cm³/mol. The summed E-state index contributed by atoms with van der Waals surface area (Å²) in [6.07, 6.45) is 10.8. The maximum absolute atomic E-state index is 11.8. The molecule has 0 aliphatic rings. The summed E-state index contributed by atoms with van der Waals surface area (Å²) in [7, 11) is 0. The zero-order valence-corrected chi connectivity index (χ0v) is 19.9. The molecule has 1 aromatic rings. The van der Waals surface area contributed by atoms with Gasteiger partial charge >= 0.3 is 33.9 Å². The molecule has 1 atom stereocenters. The van der Waals surface area contributed by atoms with E-state index in [-0.39, 0.29) is 29.0 Å². The van der Waals surface area contributed by atoms with E-state index in [0.717, 1.165) is 44.1 Å². The van der Waals surface area contributed by atoms with E-state index in [2.05, 4.69) is 26.9 Å². The normalized spacial score (nSPS) is 9.55. The van der Waals surface area contributed by atoms with Crippen molar-refractivity contribution in [3.05, 3.63) is 75.1 Å². The van der Waals surface area contributed by atoms with E-state index in [4.69, 9.17) is 23.4 Å². The molecule has 0 aliphatic carbocycles. The summed E-state index contributed by atoms with van der Waals surface area (Å²) in [5.41, 5.74) is 1.16. The summed E-state index contributed by atoms with van der Waals surface area (Å²) < 4.78 is 33.0. The van der Waals surface area contributed by atoms with E-state index in [9.17, 15) is 9.59 Å². The largest absolute Gasteiger partial charge is 0 e. The van der Waals surface area contributed by atoms with Crippen molar-refractivity contribution in [2.75, 3.05) is 6.61 Å². The minimum Gasteiger partial charge on any atom is 0 e. The van der Waals surface area contributed by atoms with Gasteiger partial charge < -0.3 is 14.3 Å². The fourth-order valence-corrected chi connectivity index (χ4v) is 2.49. The first-order chi connectivity index (χ1) is 15.8. The second-order valence-electron chi connectivity index (χ2n) is 6.25. The van der Waals surface area contributed by atoms with Crippen LogP contribution in [0, 0.1) is 39.2 Å². The smallest absolute Gasteiger partial charge is 0 e. The van der Waals surface area contributed by atoms with E-state index < -0.39 is 0 Å². The van der Waals surface area contributed by atoms with Gasteiger partial charge in [-0.25, -0.2) is 0 Å². The van der Waals surface area contributed by atoms with E-state index in [1.165, 1.54) is 6.47 Å². The molecule has 0 saturated heterocycles. The van der Waals surface area contributed by atoms with Crippen molar-refractivity contribution < 1.29 is 50.1 Å². The topological polar surface area (TPSA) is 112 Å². The molecule has 3 radical (unpaired) electrons. The summed E-state index contributed by atoms with van der Waals surface area (Å²) >= 11 is 0. The molecular weight excluding hydrogens is 468 g/mol. The van der Waals surface area contributed by atoms with Crippen LogP contribution in [0.5, 0.6) is 0 Å². The van der Waals surface area contributed by atoms with E-state index in [1.54, 1.807) is 19.3 Å². The van der Waals surface area contributed by atoms with Crippen molar-refractivity contribution in [1.82, 2.24) is 0 Å². The Labute approximate surface area is 208 Å². The van der Waals surface area contributed by atoms with Crippen LogP contribution >= 0.6 is 0 Å². The molecule has 181 valence electrons. The molecule has 0 aromatic heterocycles. The third-order valence-corrected chi connectivity index (χ3v) is 3.97. The number of ether oxygens (including phenoxy) is 2. The minimum absolute atomic E-state index is 0. The molecule has 0 fully saturated rings. The van der Waals surface area contributed by atoms with Crippen LogP contribution in [0.15, 0.2) is 30.3 Å². The van der Waals surface area contributed by atoms with Crippen molar-refractivity contribution in [2.45, 2.75) is 64.6 Å². The van der Waals surface area contributed by atoms with Crippen molar-refractivity contribution >= 4 is 12.3 Å². The van der Waals surface area contributed by atoms with Crippen LogP contribution in [-0.2, 0) is 56.7 Å². The van der Waals surface area contributed by atoms with Crippen LogP contribution in [0.1, 0.15) is 57.4 Å². The maximum atomic E-state index is 11.8. The average Bonchev–Trinajstić information content (AvgIpc) is 2.86. The second kappa shape index (κ2) is 34.7. The van der Waals surface area contributed by atoms with Gasteiger partial charge in [-0.1, -0.05) is 56.6 Å². The van der Waals surface area contributed by atoms with E-state index >= 15 is 0 Å². The number of benzene rings is 1. The molecule has 0 bridgehead atoms. The number of unbranched alkanes of at least 4 members (excludes halogenated alkanes) is 3. The number of ketones is 1. The number of carbonyl (C=O) groups excluding carboxylic acids is 2. The third kappa shape index (κ3) is 28.0. The van der Waals surface area contributed by atoms with Gasteiger partial charge in [0, 0.05) is 42.9 Å². The molecule has 0 aliphatic heterocycles. The van der Waals surface area contributed by atoms with Gasteiger partial charge in [0.05, 0.1) is 12.7 Å².